The van der Waals surface area contributed by atoms with Gasteiger partial charge in [0.1, 0.15) is 0 Å². The summed E-state index contributed by atoms with van der Waals surface area (Å²) < 4.78 is 0. The Labute approximate surface area is 486 Å². The number of fused-ring (bicyclic) bond motifs is 6. The van der Waals surface area contributed by atoms with E-state index >= 15 is 0 Å². The standard InChI is InChI=1S/C81H60N2/c1-53-51-76(82(59-28-12-6-13-29-59)61-42-40-58(41-43-61)80(56-24-8-4-9-25-56)72-36-20-16-32-65(72)66-33-17-21-37-73(66)80)69-47-45-64-54(2)52-77(70-48-46-63(53)78(69)79(64)70)83(60-30-14-7-15-31-60)62-44-49-71(55(3)50-62)81(57-26-10-5-11-27-57)74-38-22-18-34-67(74)68-35-19-23-39-75(68)81/h4-52,55,71H,1-3H3. The van der Waals surface area contributed by atoms with Crippen molar-refractivity contribution < 1.29 is 0 Å². The molecule has 394 valence electrons. The van der Waals surface area contributed by atoms with Gasteiger partial charge in [0, 0.05) is 39.4 Å². The molecule has 0 bridgehead atoms. The third kappa shape index (κ3) is 7.09. The molecule has 0 saturated heterocycles. The third-order valence-corrected chi connectivity index (χ3v) is 19.0. The van der Waals surface area contributed by atoms with E-state index in [0.717, 1.165) is 22.7 Å². The Balaban J connectivity index is 0.860. The number of allylic oxidation sites excluding steroid dienone is 3. The van der Waals surface area contributed by atoms with Crippen LogP contribution >= 0.6 is 0 Å². The average molecular weight is 1060 g/mol. The van der Waals surface area contributed by atoms with E-state index < -0.39 is 5.41 Å². The Morgan fingerprint density at radius 3 is 1.20 bits per heavy atom. The van der Waals surface area contributed by atoms with E-state index in [-0.39, 0.29) is 17.3 Å². The zero-order chi connectivity index (χ0) is 55.4. The third-order valence-electron chi connectivity index (χ3n) is 19.0. The van der Waals surface area contributed by atoms with Crippen molar-refractivity contribution in [2.75, 3.05) is 9.80 Å². The van der Waals surface area contributed by atoms with Crippen LogP contribution in [-0.2, 0) is 10.8 Å². The molecule has 13 aromatic rings. The van der Waals surface area contributed by atoms with Crippen LogP contribution in [0.2, 0.25) is 0 Å². The molecule has 83 heavy (non-hydrogen) atoms. The minimum absolute atomic E-state index is 0.144. The van der Waals surface area contributed by atoms with Crippen molar-refractivity contribution in [3.05, 3.63) is 353 Å². The second-order valence-corrected chi connectivity index (χ2v) is 23.2. The van der Waals surface area contributed by atoms with E-state index in [1.807, 2.05) is 0 Å². The van der Waals surface area contributed by atoms with E-state index in [1.54, 1.807) is 0 Å². The summed E-state index contributed by atoms with van der Waals surface area (Å²) in [4.78, 5) is 5.01. The maximum Gasteiger partial charge on any atom is 0.0713 e. The molecule has 2 atom stereocenters. The molecule has 0 fully saturated rings. The molecule has 3 aliphatic rings. The Hall–Kier alpha value is -10.0. The first-order chi connectivity index (χ1) is 40.9. The first kappa shape index (κ1) is 48.8. The van der Waals surface area contributed by atoms with Crippen LogP contribution in [0.5, 0.6) is 0 Å². The molecule has 0 saturated carbocycles. The summed E-state index contributed by atoms with van der Waals surface area (Å²) in [6.45, 7) is 7.03. The van der Waals surface area contributed by atoms with Gasteiger partial charge in [0.2, 0.25) is 0 Å². The molecule has 0 amide bonds. The second kappa shape index (κ2) is 19.0. The number of benzene rings is 13. The van der Waals surface area contributed by atoms with Gasteiger partial charge in [-0.3, -0.25) is 0 Å². The highest BCUT2D eigenvalue weighted by Crippen LogP contribution is 2.60. The largest absolute Gasteiger partial charge is 0.310 e. The van der Waals surface area contributed by atoms with E-state index in [9.17, 15) is 0 Å². The maximum absolute atomic E-state index is 2.55. The summed E-state index contributed by atoms with van der Waals surface area (Å²) in [6, 6.07) is 104. The van der Waals surface area contributed by atoms with E-state index in [0.29, 0.717) is 0 Å². The van der Waals surface area contributed by atoms with Gasteiger partial charge < -0.3 is 9.80 Å². The number of rotatable bonds is 10. The minimum Gasteiger partial charge on any atom is -0.310 e. The Kier molecular flexibility index (Phi) is 11.2. The highest BCUT2D eigenvalue weighted by Gasteiger charge is 2.51. The molecular weight excluding hydrogens is 1000 g/mol. The number of hydrogen-bond acceptors (Lipinski definition) is 2. The van der Waals surface area contributed by atoms with Gasteiger partial charge in [-0.2, -0.15) is 0 Å². The van der Waals surface area contributed by atoms with Crippen molar-refractivity contribution in [3.8, 4) is 22.3 Å². The SMILES string of the molecule is Cc1cc(N(C2=CC(C)C(C3(c4ccccc4)c4ccccc4-c4ccccc43)C=C2)c2ccccc2)c2ccc3c(C)cc(N(c4ccccc4)c4ccc(C5(c6ccccc6)c6ccccc6-c6ccccc65)cc4)c4ccc1c2c34. The minimum atomic E-state index is -0.487. The molecule has 0 radical (unpaired) electrons. The molecule has 2 heteroatoms. The fourth-order valence-electron chi connectivity index (χ4n) is 15.6. The number of para-hydroxylation sites is 2. The lowest BCUT2D eigenvalue weighted by atomic mass is 9.59. The van der Waals surface area contributed by atoms with Crippen LogP contribution in [0, 0.1) is 25.7 Å². The predicted molar refractivity (Wildman–Crippen MR) is 348 cm³/mol. The number of nitrogens with zero attached hydrogens (tertiary/aromatic N) is 2. The topological polar surface area (TPSA) is 6.48 Å². The van der Waals surface area contributed by atoms with Crippen LogP contribution < -0.4 is 9.80 Å². The van der Waals surface area contributed by atoms with Gasteiger partial charge in [0.15, 0.2) is 0 Å². The van der Waals surface area contributed by atoms with Crippen molar-refractivity contribution in [1.82, 2.24) is 0 Å². The van der Waals surface area contributed by atoms with Crippen LogP contribution in [0.1, 0.15) is 57.0 Å². The van der Waals surface area contributed by atoms with E-state index in [4.69, 9.17) is 0 Å². The maximum atomic E-state index is 2.55. The smallest absolute Gasteiger partial charge is 0.0713 e. The molecule has 13 aromatic carbocycles. The highest BCUT2D eigenvalue weighted by atomic mass is 15.2. The monoisotopic (exact) mass is 1060 g/mol. The highest BCUT2D eigenvalue weighted by molar-refractivity contribution is 6.29. The zero-order valence-corrected chi connectivity index (χ0v) is 46.8. The molecule has 0 aliphatic heterocycles. The normalized spacial score (nSPS) is 16.1. The molecule has 3 aliphatic carbocycles. The summed E-state index contributed by atoms with van der Waals surface area (Å²) in [5.41, 5.74) is 22.9. The van der Waals surface area contributed by atoms with Crippen molar-refractivity contribution in [2.24, 2.45) is 11.8 Å². The number of hydrogen-bond donors (Lipinski definition) is 0. The summed E-state index contributed by atoms with van der Waals surface area (Å²) in [6.07, 6.45) is 7.52. The van der Waals surface area contributed by atoms with Crippen molar-refractivity contribution in [3.63, 3.8) is 0 Å². The molecule has 2 nitrogen and oxygen atoms in total. The lowest BCUT2D eigenvalue weighted by Gasteiger charge is -2.43. The Bertz CT molecular complexity index is 4620. The van der Waals surface area contributed by atoms with Gasteiger partial charge in [-0.15, -0.1) is 0 Å². The molecule has 0 spiro atoms. The van der Waals surface area contributed by atoms with Crippen LogP contribution in [-0.4, -0.2) is 0 Å². The zero-order valence-electron chi connectivity index (χ0n) is 46.8. The van der Waals surface area contributed by atoms with Crippen LogP contribution in [0.4, 0.5) is 28.4 Å². The van der Waals surface area contributed by atoms with Gasteiger partial charge in [0.25, 0.3) is 0 Å². The molecule has 16 rings (SSSR count). The molecule has 0 N–H and O–H groups in total. The van der Waals surface area contributed by atoms with Crippen LogP contribution in [0.25, 0.3) is 54.6 Å². The predicted octanol–water partition coefficient (Wildman–Crippen LogP) is 20.9. The molecular formula is C81H60N2. The quantitative estimate of drug-likeness (QED) is 0.126. The van der Waals surface area contributed by atoms with Gasteiger partial charge in [0.05, 0.1) is 22.2 Å². The fraction of sp³-hybridized carbons (Fsp3) is 0.0864. The van der Waals surface area contributed by atoms with Gasteiger partial charge >= 0.3 is 0 Å². The van der Waals surface area contributed by atoms with E-state index in [1.165, 1.54) is 116 Å². The van der Waals surface area contributed by atoms with Gasteiger partial charge in [-0.1, -0.05) is 250 Å². The average Bonchev–Trinajstić information content (AvgIpc) is 2.51. The summed E-state index contributed by atoms with van der Waals surface area (Å²) >= 11 is 0. The Morgan fingerprint density at radius 2 is 0.711 bits per heavy atom. The van der Waals surface area contributed by atoms with Crippen LogP contribution in [0.15, 0.2) is 303 Å². The molecule has 0 aromatic heterocycles. The number of aryl methyl sites for hydroxylation is 2. The Morgan fingerprint density at radius 1 is 0.337 bits per heavy atom. The van der Waals surface area contributed by atoms with Gasteiger partial charge in [-0.25, -0.2) is 0 Å². The summed E-state index contributed by atoms with van der Waals surface area (Å²) in [5.74, 6) is 0.309. The number of anilines is 5. The van der Waals surface area contributed by atoms with Crippen molar-refractivity contribution in [1.29, 1.82) is 0 Å². The van der Waals surface area contributed by atoms with E-state index in [2.05, 4.69) is 328 Å². The van der Waals surface area contributed by atoms with Crippen molar-refractivity contribution in [2.45, 2.75) is 31.6 Å². The summed E-state index contributed by atoms with van der Waals surface area (Å²) in [7, 11) is 0. The van der Waals surface area contributed by atoms with Crippen LogP contribution in [0.3, 0.4) is 0 Å². The summed E-state index contributed by atoms with van der Waals surface area (Å²) in [5, 5.41) is 7.57. The lowest BCUT2D eigenvalue weighted by Crippen LogP contribution is -2.39. The fourth-order valence-corrected chi connectivity index (χ4v) is 15.6. The molecule has 2 unspecified atom stereocenters. The first-order valence-electron chi connectivity index (χ1n) is 29.4. The van der Waals surface area contributed by atoms with Crippen molar-refractivity contribution >= 4 is 60.8 Å². The first-order valence-corrected chi connectivity index (χ1v) is 29.4. The molecule has 0 heterocycles. The van der Waals surface area contributed by atoms with Gasteiger partial charge in [-0.05, 0) is 168 Å². The lowest BCUT2D eigenvalue weighted by molar-refractivity contribution is 0.372. The second-order valence-electron chi connectivity index (χ2n) is 23.2.